The molecule has 0 amide bonds. The number of rotatable bonds is 6. The van der Waals surface area contributed by atoms with E-state index in [2.05, 4.69) is 0 Å². The molecule has 5 heteroatoms. The van der Waals surface area contributed by atoms with Gasteiger partial charge in [0.2, 0.25) is 5.24 Å². The topological polar surface area (TPSA) is 44.8 Å². The predicted molar refractivity (Wildman–Crippen MR) is 64.8 cm³/mol. The molecule has 4 nitrogen and oxygen atoms in total. The van der Waals surface area contributed by atoms with Gasteiger partial charge in [-0.15, -0.1) is 0 Å². The van der Waals surface area contributed by atoms with Gasteiger partial charge in [-0.1, -0.05) is 6.07 Å². The Hall–Kier alpha value is -1.26. The van der Waals surface area contributed by atoms with Gasteiger partial charge < -0.3 is 14.2 Å². The number of carbonyl (C=O) groups is 1. The Morgan fingerprint density at radius 2 is 1.88 bits per heavy atom. The lowest BCUT2D eigenvalue weighted by Crippen LogP contribution is -2.05. The molecule has 1 unspecified atom stereocenters. The van der Waals surface area contributed by atoms with E-state index in [0.717, 1.165) is 5.56 Å². The second-order valence-corrected chi connectivity index (χ2v) is 3.82. The maximum absolute atomic E-state index is 10.9. The van der Waals surface area contributed by atoms with Crippen molar-refractivity contribution in [1.29, 1.82) is 0 Å². The standard InChI is InChI=1S/C12H15ClO4/c1-15-9-5-4-8(6-11(9)17-3)10(16-2)7-12(13)14/h4-6,10H,7H2,1-3H3. The third-order valence-electron chi connectivity index (χ3n) is 2.41. The van der Waals surface area contributed by atoms with Crippen LogP contribution >= 0.6 is 11.6 Å². The predicted octanol–water partition coefficient (Wildman–Crippen LogP) is 2.55. The van der Waals surface area contributed by atoms with E-state index in [9.17, 15) is 4.79 Å². The molecular weight excluding hydrogens is 244 g/mol. The second kappa shape index (κ2) is 6.47. The Kier molecular flexibility index (Phi) is 5.25. The molecule has 0 aromatic heterocycles. The van der Waals surface area contributed by atoms with Gasteiger partial charge in [0.1, 0.15) is 0 Å². The summed E-state index contributed by atoms with van der Waals surface area (Å²) in [5.74, 6) is 1.22. The Bertz CT molecular complexity index is 392. The minimum absolute atomic E-state index is 0.119. The van der Waals surface area contributed by atoms with Crippen molar-refractivity contribution in [3.05, 3.63) is 23.8 Å². The first kappa shape index (κ1) is 13.8. The van der Waals surface area contributed by atoms with Crippen LogP contribution in [0, 0.1) is 0 Å². The average Bonchev–Trinajstić information content (AvgIpc) is 2.34. The van der Waals surface area contributed by atoms with Crippen molar-refractivity contribution >= 4 is 16.8 Å². The average molecular weight is 259 g/mol. The maximum Gasteiger partial charge on any atom is 0.224 e. The zero-order valence-electron chi connectivity index (χ0n) is 10.0. The Morgan fingerprint density at radius 3 is 2.35 bits per heavy atom. The number of ether oxygens (including phenoxy) is 3. The van der Waals surface area contributed by atoms with Crippen molar-refractivity contribution in [2.24, 2.45) is 0 Å². The minimum Gasteiger partial charge on any atom is -0.493 e. The van der Waals surface area contributed by atoms with E-state index >= 15 is 0 Å². The van der Waals surface area contributed by atoms with Crippen LogP contribution in [0.3, 0.4) is 0 Å². The van der Waals surface area contributed by atoms with Crippen LogP contribution in [0.4, 0.5) is 0 Å². The largest absolute Gasteiger partial charge is 0.493 e. The fourth-order valence-corrected chi connectivity index (χ4v) is 1.68. The molecule has 0 saturated carbocycles. The van der Waals surface area contributed by atoms with Crippen molar-refractivity contribution in [3.63, 3.8) is 0 Å². The minimum atomic E-state index is -0.438. The zero-order chi connectivity index (χ0) is 12.8. The highest BCUT2D eigenvalue weighted by Crippen LogP contribution is 2.32. The molecule has 0 aliphatic heterocycles. The van der Waals surface area contributed by atoms with E-state index in [1.54, 1.807) is 26.4 Å². The van der Waals surface area contributed by atoms with Gasteiger partial charge in [-0.3, -0.25) is 4.79 Å². The van der Waals surface area contributed by atoms with Gasteiger partial charge in [0, 0.05) is 7.11 Å². The number of halogens is 1. The quantitative estimate of drug-likeness (QED) is 0.736. The lowest BCUT2D eigenvalue weighted by molar-refractivity contribution is -0.114. The molecule has 1 atom stereocenters. The summed E-state index contributed by atoms with van der Waals surface area (Å²) in [6.07, 6.45) is -0.257. The van der Waals surface area contributed by atoms with Crippen molar-refractivity contribution in [2.75, 3.05) is 21.3 Å². The molecule has 1 rings (SSSR count). The molecule has 94 valence electrons. The zero-order valence-corrected chi connectivity index (χ0v) is 10.8. The lowest BCUT2D eigenvalue weighted by atomic mass is 10.1. The van der Waals surface area contributed by atoms with Gasteiger partial charge in [0.15, 0.2) is 11.5 Å². The summed E-state index contributed by atoms with van der Waals surface area (Å²) in [5, 5.41) is -0.438. The van der Waals surface area contributed by atoms with Crippen molar-refractivity contribution in [3.8, 4) is 11.5 Å². The molecule has 0 radical (unpaired) electrons. The van der Waals surface area contributed by atoms with Crippen LogP contribution in [0.1, 0.15) is 18.1 Å². The third-order valence-corrected chi connectivity index (χ3v) is 2.56. The first-order chi connectivity index (χ1) is 8.12. The maximum atomic E-state index is 10.9. The van der Waals surface area contributed by atoms with Crippen LogP contribution in [0.15, 0.2) is 18.2 Å². The van der Waals surface area contributed by atoms with Gasteiger partial charge in [0.05, 0.1) is 26.7 Å². The smallest absolute Gasteiger partial charge is 0.224 e. The first-order valence-electron chi connectivity index (χ1n) is 5.05. The van der Waals surface area contributed by atoms with Crippen LogP contribution < -0.4 is 9.47 Å². The summed E-state index contributed by atoms with van der Waals surface area (Å²) in [6, 6.07) is 5.35. The van der Waals surface area contributed by atoms with Gasteiger partial charge in [-0.2, -0.15) is 0 Å². The normalized spacial score (nSPS) is 12.0. The molecule has 0 saturated heterocycles. The summed E-state index contributed by atoms with van der Waals surface area (Å²) >= 11 is 5.36. The first-order valence-corrected chi connectivity index (χ1v) is 5.43. The highest BCUT2D eigenvalue weighted by molar-refractivity contribution is 6.63. The molecule has 0 heterocycles. The molecule has 1 aromatic rings. The summed E-state index contributed by atoms with van der Waals surface area (Å²) in [5.41, 5.74) is 0.819. The third kappa shape index (κ3) is 3.61. The number of carbonyl (C=O) groups excluding carboxylic acids is 1. The lowest BCUT2D eigenvalue weighted by Gasteiger charge is -2.16. The molecule has 1 aromatic carbocycles. The molecule has 0 aliphatic rings. The second-order valence-electron chi connectivity index (χ2n) is 3.40. The Morgan fingerprint density at radius 1 is 1.24 bits per heavy atom. The molecule has 0 N–H and O–H groups in total. The van der Waals surface area contributed by atoms with E-state index in [4.69, 9.17) is 25.8 Å². The fourth-order valence-electron chi connectivity index (χ4n) is 1.54. The van der Waals surface area contributed by atoms with Crippen molar-refractivity contribution in [2.45, 2.75) is 12.5 Å². The molecular formula is C12H15ClO4. The van der Waals surface area contributed by atoms with Crippen LogP contribution in [0.2, 0.25) is 0 Å². The van der Waals surface area contributed by atoms with Gasteiger partial charge >= 0.3 is 0 Å². The number of hydrogen-bond donors (Lipinski definition) is 0. The Balaban J connectivity index is 3.00. The summed E-state index contributed by atoms with van der Waals surface area (Å²) < 4.78 is 15.5. The monoisotopic (exact) mass is 258 g/mol. The van der Waals surface area contributed by atoms with Crippen LogP contribution in [-0.4, -0.2) is 26.6 Å². The van der Waals surface area contributed by atoms with E-state index in [1.807, 2.05) is 6.07 Å². The van der Waals surface area contributed by atoms with E-state index in [0.29, 0.717) is 11.5 Å². The molecule has 0 spiro atoms. The summed E-state index contributed by atoms with van der Waals surface area (Å²) in [4.78, 5) is 10.9. The number of methoxy groups -OCH3 is 3. The molecule has 17 heavy (non-hydrogen) atoms. The molecule has 0 fully saturated rings. The SMILES string of the molecule is COc1ccc(C(CC(=O)Cl)OC)cc1OC. The van der Waals surface area contributed by atoms with E-state index in [-0.39, 0.29) is 12.5 Å². The van der Waals surface area contributed by atoms with Crippen molar-refractivity contribution < 1.29 is 19.0 Å². The molecule has 0 bridgehead atoms. The summed E-state index contributed by atoms with van der Waals surface area (Å²) in [6.45, 7) is 0. The number of benzene rings is 1. The fraction of sp³-hybridized carbons (Fsp3) is 0.417. The highest BCUT2D eigenvalue weighted by Gasteiger charge is 2.16. The van der Waals surface area contributed by atoms with Gasteiger partial charge in [0.25, 0.3) is 0 Å². The van der Waals surface area contributed by atoms with Gasteiger partial charge in [-0.25, -0.2) is 0 Å². The van der Waals surface area contributed by atoms with E-state index < -0.39 is 5.24 Å². The van der Waals surface area contributed by atoms with Crippen LogP contribution in [0.5, 0.6) is 11.5 Å². The van der Waals surface area contributed by atoms with Crippen molar-refractivity contribution in [1.82, 2.24) is 0 Å². The van der Waals surface area contributed by atoms with Crippen LogP contribution in [0.25, 0.3) is 0 Å². The molecule has 0 aliphatic carbocycles. The van der Waals surface area contributed by atoms with E-state index in [1.165, 1.54) is 7.11 Å². The number of hydrogen-bond acceptors (Lipinski definition) is 4. The Labute approximate surface area is 105 Å². The van der Waals surface area contributed by atoms with Crippen LogP contribution in [-0.2, 0) is 9.53 Å². The highest BCUT2D eigenvalue weighted by atomic mass is 35.5. The summed E-state index contributed by atoms with van der Waals surface area (Å²) in [7, 11) is 4.64. The van der Waals surface area contributed by atoms with Gasteiger partial charge in [-0.05, 0) is 29.3 Å².